The van der Waals surface area contributed by atoms with Crippen LogP contribution in [0.5, 0.6) is 5.75 Å². The van der Waals surface area contributed by atoms with Crippen LogP contribution in [0, 0.1) is 6.92 Å². The van der Waals surface area contributed by atoms with Crippen LogP contribution in [0.1, 0.15) is 12.0 Å². The molecule has 80 valence electrons. The van der Waals surface area contributed by atoms with Crippen molar-refractivity contribution < 1.29 is 14.7 Å². The van der Waals surface area contributed by atoms with E-state index in [4.69, 9.17) is 5.73 Å². The minimum Gasteiger partial charge on any atom is -0.508 e. The Morgan fingerprint density at radius 2 is 2.13 bits per heavy atom. The molecule has 0 spiro atoms. The minimum absolute atomic E-state index is 0.0897. The van der Waals surface area contributed by atoms with E-state index in [9.17, 15) is 14.7 Å². The summed E-state index contributed by atoms with van der Waals surface area (Å²) in [6.07, 6.45) is -0.366. The standard InChI is InChI=1S/C10H12N2O3/c1-6-2-3-7(4-8(6)13)12-10(15)5-9(11)14/h2-4,13H,5H2,1H3,(H2,11,14)(H,12,15). The van der Waals surface area contributed by atoms with Crippen LogP contribution in [0.4, 0.5) is 5.69 Å². The number of carbonyl (C=O) groups excluding carboxylic acids is 2. The van der Waals surface area contributed by atoms with Gasteiger partial charge in [0, 0.05) is 11.8 Å². The molecular weight excluding hydrogens is 196 g/mol. The number of benzene rings is 1. The Morgan fingerprint density at radius 3 is 2.67 bits per heavy atom. The van der Waals surface area contributed by atoms with Gasteiger partial charge in [-0.05, 0) is 18.6 Å². The molecule has 5 heteroatoms. The van der Waals surface area contributed by atoms with Crippen molar-refractivity contribution >= 4 is 17.5 Å². The number of phenolic OH excluding ortho intramolecular Hbond substituents is 1. The van der Waals surface area contributed by atoms with Crippen molar-refractivity contribution in [2.75, 3.05) is 5.32 Å². The van der Waals surface area contributed by atoms with Crippen molar-refractivity contribution in [3.05, 3.63) is 23.8 Å². The number of aromatic hydroxyl groups is 1. The molecule has 0 saturated heterocycles. The number of nitrogens with one attached hydrogen (secondary N) is 1. The van der Waals surface area contributed by atoms with E-state index in [1.54, 1.807) is 19.1 Å². The fraction of sp³-hybridized carbons (Fsp3) is 0.200. The van der Waals surface area contributed by atoms with Gasteiger partial charge in [-0.25, -0.2) is 0 Å². The van der Waals surface area contributed by atoms with Crippen LogP contribution >= 0.6 is 0 Å². The number of aryl methyl sites for hydroxylation is 1. The van der Waals surface area contributed by atoms with Gasteiger partial charge in [0.05, 0.1) is 0 Å². The minimum atomic E-state index is -0.691. The number of anilines is 1. The summed E-state index contributed by atoms with van der Waals surface area (Å²) in [5.41, 5.74) is 6.00. The van der Waals surface area contributed by atoms with Gasteiger partial charge in [-0.3, -0.25) is 9.59 Å². The lowest BCUT2D eigenvalue weighted by Crippen LogP contribution is -2.21. The molecule has 0 aliphatic rings. The molecule has 2 amide bonds. The van der Waals surface area contributed by atoms with E-state index in [2.05, 4.69) is 5.32 Å². The van der Waals surface area contributed by atoms with E-state index < -0.39 is 11.8 Å². The van der Waals surface area contributed by atoms with E-state index in [0.717, 1.165) is 0 Å². The summed E-state index contributed by atoms with van der Waals surface area (Å²) in [6, 6.07) is 4.71. The fourth-order valence-electron chi connectivity index (χ4n) is 1.05. The summed E-state index contributed by atoms with van der Waals surface area (Å²) >= 11 is 0. The molecule has 4 N–H and O–H groups in total. The maximum atomic E-state index is 11.1. The van der Waals surface area contributed by atoms with Gasteiger partial charge in [0.1, 0.15) is 12.2 Å². The van der Waals surface area contributed by atoms with Crippen molar-refractivity contribution in [1.82, 2.24) is 0 Å². The first-order chi connectivity index (χ1) is 6.99. The number of nitrogens with two attached hydrogens (primary N) is 1. The first-order valence-corrected chi connectivity index (χ1v) is 4.37. The molecule has 0 radical (unpaired) electrons. The Kier molecular flexibility index (Phi) is 3.28. The van der Waals surface area contributed by atoms with Gasteiger partial charge >= 0.3 is 0 Å². The predicted octanol–water partition coefficient (Wildman–Crippen LogP) is 0.515. The number of amides is 2. The molecule has 1 aromatic rings. The van der Waals surface area contributed by atoms with E-state index >= 15 is 0 Å². The molecule has 0 unspecified atom stereocenters. The lowest BCUT2D eigenvalue weighted by Gasteiger charge is -2.05. The Balaban J connectivity index is 2.69. The Hall–Kier alpha value is -2.04. The van der Waals surface area contributed by atoms with Crippen LogP contribution in [-0.2, 0) is 9.59 Å². The predicted molar refractivity (Wildman–Crippen MR) is 55.3 cm³/mol. The van der Waals surface area contributed by atoms with E-state index in [1.165, 1.54) is 6.07 Å². The smallest absolute Gasteiger partial charge is 0.233 e. The summed E-state index contributed by atoms with van der Waals surface area (Å²) in [7, 11) is 0. The lowest BCUT2D eigenvalue weighted by atomic mass is 10.2. The molecule has 0 heterocycles. The van der Waals surface area contributed by atoms with Crippen molar-refractivity contribution in [2.24, 2.45) is 5.73 Å². The summed E-state index contributed by atoms with van der Waals surface area (Å²) in [6.45, 7) is 1.74. The van der Waals surface area contributed by atoms with Gasteiger partial charge < -0.3 is 16.2 Å². The fourth-order valence-corrected chi connectivity index (χ4v) is 1.05. The van der Waals surface area contributed by atoms with Crippen LogP contribution in [0.3, 0.4) is 0 Å². The average Bonchev–Trinajstić information content (AvgIpc) is 2.10. The number of carbonyl (C=O) groups is 2. The van der Waals surface area contributed by atoms with Gasteiger partial charge in [-0.15, -0.1) is 0 Å². The van der Waals surface area contributed by atoms with Crippen molar-refractivity contribution in [1.29, 1.82) is 0 Å². The third kappa shape index (κ3) is 3.30. The largest absolute Gasteiger partial charge is 0.508 e. The van der Waals surface area contributed by atoms with Crippen molar-refractivity contribution in [3.63, 3.8) is 0 Å². The Labute approximate surface area is 86.9 Å². The summed E-state index contributed by atoms with van der Waals surface area (Å²) < 4.78 is 0. The highest BCUT2D eigenvalue weighted by Gasteiger charge is 2.06. The quantitative estimate of drug-likeness (QED) is 0.632. The highest BCUT2D eigenvalue weighted by atomic mass is 16.3. The number of rotatable bonds is 3. The third-order valence-electron chi connectivity index (χ3n) is 1.83. The Bertz CT molecular complexity index is 402. The van der Waals surface area contributed by atoms with Crippen molar-refractivity contribution in [2.45, 2.75) is 13.3 Å². The molecule has 5 nitrogen and oxygen atoms in total. The van der Waals surface area contributed by atoms with E-state index in [-0.39, 0.29) is 12.2 Å². The topological polar surface area (TPSA) is 92.4 Å². The van der Waals surface area contributed by atoms with Crippen LogP contribution in [0.25, 0.3) is 0 Å². The normalized spacial score (nSPS) is 9.67. The second kappa shape index (κ2) is 4.45. The van der Waals surface area contributed by atoms with Gasteiger partial charge in [0.15, 0.2) is 0 Å². The van der Waals surface area contributed by atoms with Gasteiger partial charge in [0.25, 0.3) is 0 Å². The lowest BCUT2D eigenvalue weighted by molar-refractivity contribution is -0.124. The molecule has 0 atom stereocenters. The van der Waals surface area contributed by atoms with Crippen LogP contribution in [0.15, 0.2) is 18.2 Å². The molecule has 1 rings (SSSR count). The molecule has 0 aliphatic carbocycles. The van der Waals surface area contributed by atoms with E-state index in [0.29, 0.717) is 11.3 Å². The summed E-state index contributed by atoms with van der Waals surface area (Å²) in [5, 5.41) is 11.8. The van der Waals surface area contributed by atoms with E-state index in [1.807, 2.05) is 0 Å². The summed E-state index contributed by atoms with van der Waals surface area (Å²) in [5.74, 6) is -1.10. The highest BCUT2D eigenvalue weighted by Crippen LogP contribution is 2.20. The number of hydrogen-bond donors (Lipinski definition) is 3. The second-order valence-electron chi connectivity index (χ2n) is 3.19. The molecule has 0 bridgehead atoms. The molecule has 0 aliphatic heterocycles. The van der Waals surface area contributed by atoms with Gasteiger partial charge in [-0.2, -0.15) is 0 Å². The molecule has 1 aromatic carbocycles. The first-order valence-electron chi connectivity index (χ1n) is 4.37. The third-order valence-corrected chi connectivity index (χ3v) is 1.83. The maximum absolute atomic E-state index is 11.1. The Morgan fingerprint density at radius 1 is 1.47 bits per heavy atom. The molecule has 0 aromatic heterocycles. The monoisotopic (exact) mass is 208 g/mol. The zero-order valence-electron chi connectivity index (χ0n) is 8.28. The van der Waals surface area contributed by atoms with Crippen LogP contribution < -0.4 is 11.1 Å². The molecular formula is C10H12N2O3. The zero-order chi connectivity index (χ0) is 11.4. The number of phenols is 1. The van der Waals surface area contributed by atoms with Crippen molar-refractivity contribution in [3.8, 4) is 5.75 Å². The second-order valence-corrected chi connectivity index (χ2v) is 3.19. The maximum Gasteiger partial charge on any atom is 0.233 e. The van der Waals surface area contributed by atoms with Crippen LogP contribution in [-0.4, -0.2) is 16.9 Å². The number of primary amides is 1. The molecule has 0 saturated carbocycles. The summed E-state index contributed by atoms with van der Waals surface area (Å²) in [4.78, 5) is 21.6. The molecule has 0 fully saturated rings. The number of hydrogen-bond acceptors (Lipinski definition) is 3. The first kappa shape index (κ1) is 11.0. The highest BCUT2D eigenvalue weighted by molar-refractivity contribution is 6.03. The SMILES string of the molecule is Cc1ccc(NC(=O)CC(N)=O)cc1O. The molecule has 15 heavy (non-hydrogen) atoms. The average molecular weight is 208 g/mol. The van der Waals surface area contributed by atoms with Gasteiger partial charge in [-0.1, -0.05) is 6.07 Å². The zero-order valence-corrected chi connectivity index (χ0v) is 8.28. The van der Waals surface area contributed by atoms with Gasteiger partial charge in [0.2, 0.25) is 11.8 Å². The van der Waals surface area contributed by atoms with Crippen LogP contribution in [0.2, 0.25) is 0 Å².